The second kappa shape index (κ2) is 9.52. The highest BCUT2D eigenvalue weighted by molar-refractivity contribution is 5.82. The van der Waals surface area contributed by atoms with Crippen LogP contribution in [0.5, 0.6) is 0 Å². The molecule has 0 N–H and O–H groups in total. The minimum atomic E-state index is -0.210. The normalized spacial score (nSPS) is 18.3. The van der Waals surface area contributed by atoms with E-state index in [-0.39, 0.29) is 30.0 Å². The number of aryl methyl sites for hydroxylation is 1. The smallest absolute Gasteiger partial charge is 0.261 e. The van der Waals surface area contributed by atoms with Gasteiger partial charge in [-0.3, -0.25) is 19.0 Å². The van der Waals surface area contributed by atoms with Gasteiger partial charge in [-0.15, -0.1) is 0 Å². The number of hydrogen-bond donors (Lipinski definition) is 0. The van der Waals surface area contributed by atoms with Gasteiger partial charge in [-0.2, -0.15) is 0 Å². The van der Waals surface area contributed by atoms with Crippen molar-refractivity contribution in [3.63, 3.8) is 0 Å². The van der Waals surface area contributed by atoms with E-state index in [0.717, 1.165) is 24.1 Å². The first-order valence-electron chi connectivity index (χ1n) is 12.3. The molecule has 0 spiro atoms. The summed E-state index contributed by atoms with van der Waals surface area (Å²) in [5, 5.41) is 0.503. The second-order valence-electron chi connectivity index (χ2n) is 9.53. The molecule has 182 valence electrons. The molecule has 0 unspecified atom stereocenters. The molecule has 0 saturated carbocycles. The lowest BCUT2D eigenvalue weighted by molar-refractivity contribution is -0.133. The number of benzene rings is 2. The van der Waals surface area contributed by atoms with Gasteiger partial charge in [0.1, 0.15) is 6.54 Å². The molecular weight excluding hydrogens is 442 g/mol. The van der Waals surface area contributed by atoms with Crippen molar-refractivity contribution in [3.05, 3.63) is 70.3 Å². The molecule has 0 radical (unpaired) electrons. The molecule has 3 aromatic rings. The van der Waals surface area contributed by atoms with Crippen LogP contribution in [0.15, 0.2) is 53.6 Å². The number of aromatic nitrogens is 2. The van der Waals surface area contributed by atoms with Gasteiger partial charge in [0.25, 0.3) is 5.56 Å². The third kappa shape index (κ3) is 4.65. The molecule has 2 amide bonds. The number of nitrogens with zero attached hydrogens (tertiary/aromatic N) is 5. The molecule has 1 aromatic heterocycles. The summed E-state index contributed by atoms with van der Waals surface area (Å²) in [5.74, 6) is 0.0235. The molecule has 2 fully saturated rings. The van der Waals surface area contributed by atoms with E-state index in [2.05, 4.69) is 41.1 Å². The zero-order chi connectivity index (χ0) is 24.5. The molecule has 8 nitrogen and oxygen atoms in total. The van der Waals surface area contributed by atoms with Gasteiger partial charge in [0.15, 0.2) is 0 Å². The SMILES string of the molecule is CC(=O)N1CCN(c2ccc3ncn(CC(=O)N4CCC[C@@H]4c4ccc(C)cc4)c(=O)c3c2)CC1. The summed E-state index contributed by atoms with van der Waals surface area (Å²) in [5.41, 5.74) is 3.67. The summed E-state index contributed by atoms with van der Waals surface area (Å²) in [6.07, 6.45) is 3.36. The van der Waals surface area contributed by atoms with Crippen LogP contribution in [0.4, 0.5) is 5.69 Å². The molecular formula is C27H31N5O3. The fraction of sp³-hybridized carbons (Fsp3) is 0.407. The maximum absolute atomic E-state index is 13.3. The van der Waals surface area contributed by atoms with E-state index in [4.69, 9.17) is 0 Å². The second-order valence-corrected chi connectivity index (χ2v) is 9.53. The van der Waals surface area contributed by atoms with Crippen LogP contribution in [-0.2, 0) is 16.1 Å². The highest BCUT2D eigenvalue weighted by atomic mass is 16.2. The Balaban J connectivity index is 1.35. The van der Waals surface area contributed by atoms with E-state index in [1.54, 1.807) is 6.92 Å². The fourth-order valence-electron chi connectivity index (χ4n) is 5.17. The number of piperazine rings is 1. The molecule has 2 aromatic carbocycles. The van der Waals surface area contributed by atoms with Crippen molar-refractivity contribution in [3.8, 4) is 0 Å². The number of amides is 2. The van der Waals surface area contributed by atoms with Crippen LogP contribution < -0.4 is 10.5 Å². The number of carbonyl (C=O) groups is 2. The van der Waals surface area contributed by atoms with Gasteiger partial charge < -0.3 is 14.7 Å². The Hall–Kier alpha value is -3.68. The van der Waals surface area contributed by atoms with Crippen molar-refractivity contribution in [1.82, 2.24) is 19.4 Å². The Morgan fingerprint density at radius 1 is 1.00 bits per heavy atom. The third-order valence-electron chi connectivity index (χ3n) is 7.24. The molecule has 5 rings (SSSR count). The summed E-state index contributed by atoms with van der Waals surface area (Å²) in [6, 6.07) is 14.1. The summed E-state index contributed by atoms with van der Waals surface area (Å²) >= 11 is 0. The standard InChI is InChI=1S/C27H31N5O3/c1-19-5-7-21(8-6-19)25-4-3-11-32(25)26(34)17-31-18-28-24-10-9-22(16-23(24)27(31)35)30-14-12-29(13-15-30)20(2)33/h5-10,16,18,25H,3-4,11-15,17H2,1-2H3/t25-/m1/s1. The average Bonchev–Trinajstić information content (AvgIpc) is 3.36. The molecule has 3 heterocycles. The first kappa shape index (κ1) is 23.1. The van der Waals surface area contributed by atoms with Crippen LogP contribution >= 0.6 is 0 Å². The van der Waals surface area contributed by atoms with Crippen molar-refractivity contribution in [1.29, 1.82) is 0 Å². The summed E-state index contributed by atoms with van der Waals surface area (Å²) < 4.78 is 1.42. The maximum Gasteiger partial charge on any atom is 0.261 e. The predicted octanol–water partition coefficient (Wildman–Crippen LogP) is 2.74. The van der Waals surface area contributed by atoms with Gasteiger partial charge >= 0.3 is 0 Å². The predicted molar refractivity (Wildman–Crippen MR) is 135 cm³/mol. The van der Waals surface area contributed by atoms with Gasteiger partial charge in [-0.25, -0.2) is 4.98 Å². The average molecular weight is 474 g/mol. The van der Waals surface area contributed by atoms with Crippen molar-refractivity contribution in [2.45, 2.75) is 39.3 Å². The Kier molecular flexibility index (Phi) is 6.28. The van der Waals surface area contributed by atoms with Crippen LogP contribution in [0.3, 0.4) is 0 Å². The lowest BCUT2D eigenvalue weighted by Crippen LogP contribution is -2.48. The highest BCUT2D eigenvalue weighted by Gasteiger charge is 2.30. The van der Waals surface area contributed by atoms with Gasteiger partial charge in [-0.1, -0.05) is 29.8 Å². The van der Waals surface area contributed by atoms with Crippen LogP contribution in [0, 0.1) is 6.92 Å². The first-order valence-corrected chi connectivity index (χ1v) is 12.3. The van der Waals surface area contributed by atoms with Crippen LogP contribution in [0.1, 0.15) is 36.9 Å². The topological polar surface area (TPSA) is 78.8 Å². The van der Waals surface area contributed by atoms with Gasteiger partial charge in [0.2, 0.25) is 11.8 Å². The molecule has 1 atom stereocenters. The third-order valence-corrected chi connectivity index (χ3v) is 7.24. The van der Waals surface area contributed by atoms with Crippen molar-refractivity contribution in [2.75, 3.05) is 37.6 Å². The van der Waals surface area contributed by atoms with Gasteiger partial charge in [-0.05, 0) is 43.5 Å². The lowest BCUT2D eigenvalue weighted by atomic mass is 10.0. The zero-order valence-electron chi connectivity index (χ0n) is 20.3. The number of carbonyl (C=O) groups excluding carboxylic acids is 2. The largest absolute Gasteiger partial charge is 0.368 e. The molecule has 35 heavy (non-hydrogen) atoms. The van der Waals surface area contributed by atoms with Crippen LogP contribution in [0.2, 0.25) is 0 Å². The van der Waals surface area contributed by atoms with Gasteiger partial charge in [0, 0.05) is 45.3 Å². The quantitative estimate of drug-likeness (QED) is 0.582. The summed E-state index contributed by atoms with van der Waals surface area (Å²) in [7, 11) is 0. The Morgan fingerprint density at radius 3 is 2.46 bits per heavy atom. The van der Waals surface area contributed by atoms with Gasteiger partial charge in [0.05, 0.1) is 23.3 Å². The highest BCUT2D eigenvalue weighted by Crippen LogP contribution is 2.32. The number of likely N-dealkylation sites (tertiary alicyclic amines) is 1. The molecule has 2 aliphatic heterocycles. The lowest BCUT2D eigenvalue weighted by Gasteiger charge is -2.35. The van der Waals surface area contributed by atoms with E-state index in [1.165, 1.54) is 16.5 Å². The van der Waals surface area contributed by atoms with Crippen molar-refractivity contribution < 1.29 is 9.59 Å². The number of hydrogen-bond acceptors (Lipinski definition) is 5. The minimum absolute atomic E-state index is 0.0222. The summed E-state index contributed by atoms with van der Waals surface area (Å²) in [4.78, 5) is 48.6. The fourth-order valence-corrected chi connectivity index (χ4v) is 5.17. The van der Waals surface area contributed by atoms with E-state index in [9.17, 15) is 14.4 Å². The summed E-state index contributed by atoms with van der Waals surface area (Å²) in [6.45, 7) is 7.08. The molecule has 0 aliphatic carbocycles. The Labute approximate surface area is 204 Å². The molecule has 2 aliphatic rings. The Bertz CT molecular complexity index is 1310. The van der Waals surface area contributed by atoms with Crippen molar-refractivity contribution >= 4 is 28.4 Å². The zero-order valence-corrected chi connectivity index (χ0v) is 20.3. The van der Waals surface area contributed by atoms with Crippen LogP contribution in [0.25, 0.3) is 10.9 Å². The monoisotopic (exact) mass is 473 g/mol. The van der Waals surface area contributed by atoms with E-state index in [1.807, 2.05) is 28.0 Å². The van der Waals surface area contributed by atoms with Crippen LogP contribution in [-0.4, -0.2) is 63.9 Å². The van der Waals surface area contributed by atoms with E-state index in [0.29, 0.717) is 43.6 Å². The van der Waals surface area contributed by atoms with E-state index >= 15 is 0 Å². The van der Waals surface area contributed by atoms with Crippen molar-refractivity contribution in [2.24, 2.45) is 0 Å². The van der Waals surface area contributed by atoms with E-state index < -0.39 is 0 Å². The maximum atomic E-state index is 13.3. The number of rotatable bonds is 4. The minimum Gasteiger partial charge on any atom is -0.368 e. The number of anilines is 1. The molecule has 0 bridgehead atoms. The molecule has 2 saturated heterocycles. The Morgan fingerprint density at radius 2 is 1.74 bits per heavy atom. The molecule has 8 heteroatoms. The first-order chi connectivity index (χ1) is 16.9. The number of fused-ring (bicyclic) bond motifs is 1.